The molecule has 0 N–H and O–H groups in total. The van der Waals surface area contributed by atoms with Crippen LogP contribution in [0.4, 0.5) is 11.4 Å². The average molecular weight is 245 g/mol. The minimum Gasteiger partial charge on any atom is -0.369 e. The second-order valence-electron chi connectivity index (χ2n) is 4.24. The van der Waals surface area contributed by atoms with Crippen LogP contribution in [-0.4, -0.2) is 42.5 Å². The largest absolute Gasteiger partial charge is 0.369 e. The molecule has 1 aliphatic rings. The molecule has 0 atom stereocenters. The lowest BCUT2D eigenvalue weighted by Gasteiger charge is -2.35. The number of nitro groups is 1. The lowest BCUT2D eigenvalue weighted by molar-refractivity contribution is -0.384. The van der Waals surface area contributed by atoms with E-state index in [0.29, 0.717) is 6.54 Å². The van der Waals surface area contributed by atoms with E-state index < -0.39 is 0 Å². The molecule has 0 spiro atoms. The Labute approximate surface area is 106 Å². The molecule has 0 aromatic heterocycles. The second-order valence-corrected chi connectivity index (χ2v) is 4.24. The molecule has 18 heavy (non-hydrogen) atoms. The van der Waals surface area contributed by atoms with Gasteiger partial charge in [-0.2, -0.15) is 0 Å². The van der Waals surface area contributed by atoms with Crippen molar-refractivity contribution in [3.05, 3.63) is 34.4 Å². The number of rotatable bonds is 3. The zero-order chi connectivity index (χ0) is 13.0. The van der Waals surface area contributed by atoms with Gasteiger partial charge in [-0.3, -0.25) is 15.0 Å². The van der Waals surface area contributed by atoms with Gasteiger partial charge in [-0.1, -0.05) is 12.0 Å². The van der Waals surface area contributed by atoms with Crippen molar-refractivity contribution in [2.45, 2.75) is 0 Å². The van der Waals surface area contributed by atoms with Crippen LogP contribution in [0.2, 0.25) is 0 Å². The van der Waals surface area contributed by atoms with Crippen molar-refractivity contribution < 1.29 is 4.92 Å². The Morgan fingerprint density at radius 3 is 2.67 bits per heavy atom. The van der Waals surface area contributed by atoms with Gasteiger partial charge in [0.15, 0.2) is 0 Å². The molecule has 0 aliphatic carbocycles. The molecule has 1 aliphatic heterocycles. The Kier molecular flexibility index (Phi) is 3.80. The summed E-state index contributed by atoms with van der Waals surface area (Å²) in [6.07, 6.45) is 5.28. The number of hydrogen-bond donors (Lipinski definition) is 0. The summed E-state index contributed by atoms with van der Waals surface area (Å²) in [7, 11) is 0. The molecule has 94 valence electrons. The van der Waals surface area contributed by atoms with Crippen LogP contribution in [0.1, 0.15) is 0 Å². The van der Waals surface area contributed by atoms with Crippen molar-refractivity contribution in [2.24, 2.45) is 0 Å². The third-order valence-electron chi connectivity index (χ3n) is 3.09. The molecule has 0 radical (unpaired) electrons. The van der Waals surface area contributed by atoms with E-state index in [1.54, 1.807) is 12.1 Å². The monoisotopic (exact) mass is 245 g/mol. The maximum Gasteiger partial charge on any atom is 0.271 e. The first-order chi connectivity index (χ1) is 8.70. The quantitative estimate of drug-likeness (QED) is 0.458. The highest BCUT2D eigenvalue weighted by Gasteiger charge is 2.17. The van der Waals surface area contributed by atoms with Gasteiger partial charge in [0, 0.05) is 44.0 Å². The summed E-state index contributed by atoms with van der Waals surface area (Å²) in [5.74, 6) is 2.63. The van der Waals surface area contributed by atoms with E-state index in [4.69, 9.17) is 6.42 Å². The summed E-state index contributed by atoms with van der Waals surface area (Å²) >= 11 is 0. The maximum atomic E-state index is 10.7. The van der Waals surface area contributed by atoms with Crippen LogP contribution in [0.15, 0.2) is 24.3 Å². The molecule has 1 aromatic rings. The fourth-order valence-electron chi connectivity index (χ4n) is 2.10. The third kappa shape index (κ3) is 2.79. The van der Waals surface area contributed by atoms with Crippen molar-refractivity contribution in [2.75, 3.05) is 37.6 Å². The molecule has 1 aromatic carbocycles. The number of terminal acetylenes is 1. The van der Waals surface area contributed by atoms with E-state index in [9.17, 15) is 10.1 Å². The summed E-state index contributed by atoms with van der Waals surface area (Å²) in [6, 6.07) is 6.76. The van der Waals surface area contributed by atoms with Gasteiger partial charge in [0.25, 0.3) is 5.69 Å². The topological polar surface area (TPSA) is 49.6 Å². The Morgan fingerprint density at radius 2 is 2.06 bits per heavy atom. The Bertz CT molecular complexity index is 473. The lowest BCUT2D eigenvalue weighted by Crippen LogP contribution is -2.46. The first-order valence-electron chi connectivity index (χ1n) is 5.86. The molecule has 0 bridgehead atoms. The number of hydrogen-bond acceptors (Lipinski definition) is 4. The number of nitrogens with zero attached hydrogens (tertiary/aromatic N) is 3. The number of non-ortho nitro benzene ring substituents is 1. The molecule has 0 amide bonds. The predicted octanol–water partition coefficient (Wildman–Crippen LogP) is 1.35. The fraction of sp³-hybridized carbons (Fsp3) is 0.385. The number of anilines is 1. The van der Waals surface area contributed by atoms with Gasteiger partial charge < -0.3 is 4.90 Å². The first-order valence-corrected chi connectivity index (χ1v) is 5.86. The molecule has 2 rings (SSSR count). The van der Waals surface area contributed by atoms with Crippen molar-refractivity contribution in [3.8, 4) is 12.3 Å². The van der Waals surface area contributed by atoms with Crippen LogP contribution in [0.25, 0.3) is 0 Å². The van der Waals surface area contributed by atoms with Crippen LogP contribution < -0.4 is 4.90 Å². The Balaban J connectivity index is 2.03. The number of piperazine rings is 1. The zero-order valence-corrected chi connectivity index (χ0v) is 10.1. The normalized spacial score (nSPS) is 16.3. The third-order valence-corrected chi connectivity index (χ3v) is 3.09. The minimum absolute atomic E-state index is 0.138. The van der Waals surface area contributed by atoms with Crippen molar-refractivity contribution in [1.82, 2.24) is 4.90 Å². The van der Waals surface area contributed by atoms with Gasteiger partial charge in [0.2, 0.25) is 0 Å². The molecule has 1 saturated heterocycles. The van der Waals surface area contributed by atoms with Gasteiger partial charge in [-0.25, -0.2) is 0 Å². The van der Waals surface area contributed by atoms with E-state index in [1.807, 2.05) is 6.07 Å². The van der Waals surface area contributed by atoms with Crippen molar-refractivity contribution in [1.29, 1.82) is 0 Å². The van der Waals surface area contributed by atoms with Gasteiger partial charge in [-0.15, -0.1) is 6.42 Å². The number of nitro benzene ring substituents is 1. The standard InChI is InChI=1S/C13H15N3O2/c1-2-6-14-7-9-15(10-8-14)12-4-3-5-13(11-12)16(17)18/h1,3-5,11H,6-10H2. The van der Waals surface area contributed by atoms with Gasteiger partial charge in [-0.05, 0) is 6.07 Å². The highest BCUT2D eigenvalue weighted by molar-refractivity contribution is 5.53. The van der Waals surface area contributed by atoms with Crippen molar-refractivity contribution in [3.63, 3.8) is 0 Å². The molecule has 5 nitrogen and oxygen atoms in total. The molecular formula is C13H15N3O2. The predicted molar refractivity (Wildman–Crippen MR) is 70.6 cm³/mol. The van der Waals surface area contributed by atoms with Gasteiger partial charge in [0.1, 0.15) is 0 Å². The van der Waals surface area contributed by atoms with E-state index in [1.165, 1.54) is 6.07 Å². The second kappa shape index (κ2) is 5.52. The van der Waals surface area contributed by atoms with Crippen LogP contribution in [-0.2, 0) is 0 Å². The fourth-order valence-corrected chi connectivity index (χ4v) is 2.10. The summed E-state index contributed by atoms with van der Waals surface area (Å²) in [5, 5.41) is 10.7. The van der Waals surface area contributed by atoms with E-state index >= 15 is 0 Å². The molecule has 1 heterocycles. The SMILES string of the molecule is C#CCN1CCN(c2cccc([N+](=O)[O-])c2)CC1. The summed E-state index contributed by atoms with van der Waals surface area (Å²) < 4.78 is 0. The molecule has 0 saturated carbocycles. The first kappa shape index (κ1) is 12.4. The van der Waals surface area contributed by atoms with Gasteiger partial charge >= 0.3 is 0 Å². The summed E-state index contributed by atoms with van der Waals surface area (Å²) in [5.41, 5.74) is 1.04. The Morgan fingerprint density at radius 1 is 1.33 bits per heavy atom. The Hall–Kier alpha value is -2.06. The molecule has 5 heteroatoms. The van der Waals surface area contributed by atoms with Crippen molar-refractivity contribution >= 4 is 11.4 Å². The zero-order valence-electron chi connectivity index (χ0n) is 10.1. The summed E-state index contributed by atoms with van der Waals surface area (Å²) in [6.45, 7) is 4.16. The molecule has 1 fully saturated rings. The van der Waals surface area contributed by atoms with E-state index in [2.05, 4.69) is 15.7 Å². The van der Waals surface area contributed by atoms with Crippen LogP contribution in [0, 0.1) is 22.5 Å². The molecular weight excluding hydrogens is 230 g/mol. The highest BCUT2D eigenvalue weighted by atomic mass is 16.6. The summed E-state index contributed by atoms with van der Waals surface area (Å²) in [4.78, 5) is 14.7. The van der Waals surface area contributed by atoms with Gasteiger partial charge in [0.05, 0.1) is 11.5 Å². The van der Waals surface area contributed by atoms with E-state index in [-0.39, 0.29) is 10.6 Å². The smallest absolute Gasteiger partial charge is 0.271 e. The minimum atomic E-state index is -0.363. The lowest BCUT2D eigenvalue weighted by atomic mass is 10.2. The van der Waals surface area contributed by atoms with Crippen LogP contribution in [0.3, 0.4) is 0 Å². The number of benzene rings is 1. The molecule has 0 unspecified atom stereocenters. The maximum absolute atomic E-state index is 10.7. The average Bonchev–Trinajstić information content (AvgIpc) is 2.40. The van der Waals surface area contributed by atoms with E-state index in [0.717, 1.165) is 31.9 Å². The van der Waals surface area contributed by atoms with Crippen LogP contribution in [0.5, 0.6) is 0 Å². The highest BCUT2D eigenvalue weighted by Crippen LogP contribution is 2.21. The van der Waals surface area contributed by atoms with Crippen LogP contribution >= 0.6 is 0 Å².